The second kappa shape index (κ2) is 5.62. The van der Waals surface area contributed by atoms with Gasteiger partial charge in [0.2, 0.25) is 0 Å². The second-order valence-corrected chi connectivity index (χ2v) is 4.38. The molecule has 2 rings (SSSR count). The molecular weight excluding hydrogens is 258 g/mol. The molecule has 7 heteroatoms. The number of hydrogen-bond donors (Lipinski definition) is 2. The van der Waals surface area contributed by atoms with E-state index in [0.29, 0.717) is 29.3 Å². The molecule has 0 aliphatic carbocycles. The summed E-state index contributed by atoms with van der Waals surface area (Å²) in [7, 11) is 0. The topological polar surface area (TPSA) is 103 Å². The molecule has 2 aromatic rings. The van der Waals surface area contributed by atoms with Crippen LogP contribution in [0, 0.1) is 13.8 Å². The number of nitrogens with zero attached hydrogens (tertiary/aromatic N) is 3. The van der Waals surface area contributed by atoms with Gasteiger partial charge in [-0.25, -0.2) is 10.8 Å². The van der Waals surface area contributed by atoms with Crippen LogP contribution in [0.25, 0.3) is 0 Å². The standard InChI is InChI=1S/C13H15N5O2/c1-8-5-12(19)18(9(2)16-8)7-11-4-3-10(6-15-11)13(20)17-14/h3-6H,7,14H2,1-2H3,(H,17,20). The van der Waals surface area contributed by atoms with Crippen LogP contribution in [-0.2, 0) is 6.54 Å². The highest BCUT2D eigenvalue weighted by atomic mass is 16.2. The van der Waals surface area contributed by atoms with Crippen molar-refractivity contribution in [1.82, 2.24) is 20.0 Å². The van der Waals surface area contributed by atoms with Crippen molar-refractivity contribution in [3.8, 4) is 0 Å². The molecule has 0 saturated carbocycles. The van der Waals surface area contributed by atoms with Gasteiger partial charge in [0.15, 0.2) is 0 Å². The van der Waals surface area contributed by atoms with Gasteiger partial charge in [0.1, 0.15) is 5.82 Å². The summed E-state index contributed by atoms with van der Waals surface area (Å²) in [5.41, 5.74) is 3.62. The minimum Gasteiger partial charge on any atom is -0.291 e. The molecule has 0 spiro atoms. The van der Waals surface area contributed by atoms with Gasteiger partial charge in [-0.3, -0.25) is 24.6 Å². The van der Waals surface area contributed by atoms with E-state index in [1.54, 1.807) is 26.0 Å². The highest BCUT2D eigenvalue weighted by Crippen LogP contribution is 2.03. The summed E-state index contributed by atoms with van der Waals surface area (Å²) in [4.78, 5) is 31.6. The van der Waals surface area contributed by atoms with E-state index < -0.39 is 5.91 Å². The maximum absolute atomic E-state index is 11.9. The first kappa shape index (κ1) is 13.9. The van der Waals surface area contributed by atoms with Gasteiger partial charge in [-0.05, 0) is 26.0 Å². The zero-order valence-electron chi connectivity index (χ0n) is 11.3. The van der Waals surface area contributed by atoms with Crippen molar-refractivity contribution in [2.75, 3.05) is 0 Å². The average Bonchev–Trinajstić information content (AvgIpc) is 2.42. The zero-order valence-corrected chi connectivity index (χ0v) is 11.3. The smallest absolute Gasteiger partial charge is 0.266 e. The van der Waals surface area contributed by atoms with Crippen molar-refractivity contribution in [3.05, 3.63) is 57.5 Å². The van der Waals surface area contributed by atoms with Gasteiger partial charge < -0.3 is 0 Å². The number of hydrazine groups is 1. The molecule has 0 bridgehead atoms. The molecule has 0 aromatic carbocycles. The first-order valence-corrected chi connectivity index (χ1v) is 6.02. The van der Waals surface area contributed by atoms with Crippen LogP contribution in [0.15, 0.2) is 29.2 Å². The molecule has 3 N–H and O–H groups in total. The highest BCUT2D eigenvalue weighted by Gasteiger charge is 2.07. The Labute approximate surface area is 115 Å². The molecule has 2 heterocycles. The van der Waals surface area contributed by atoms with E-state index in [2.05, 4.69) is 9.97 Å². The fourth-order valence-corrected chi connectivity index (χ4v) is 1.85. The number of pyridine rings is 1. The van der Waals surface area contributed by atoms with Gasteiger partial charge in [-0.2, -0.15) is 0 Å². The molecule has 0 saturated heterocycles. The van der Waals surface area contributed by atoms with Crippen molar-refractivity contribution < 1.29 is 4.79 Å². The van der Waals surface area contributed by atoms with E-state index in [0.717, 1.165) is 0 Å². The van der Waals surface area contributed by atoms with Gasteiger partial charge in [0, 0.05) is 18.0 Å². The molecule has 2 aromatic heterocycles. The van der Waals surface area contributed by atoms with Gasteiger partial charge in [0.05, 0.1) is 17.8 Å². The molecule has 0 aliphatic heterocycles. The van der Waals surface area contributed by atoms with Crippen LogP contribution < -0.4 is 16.8 Å². The van der Waals surface area contributed by atoms with Crippen molar-refractivity contribution in [1.29, 1.82) is 0 Å². The predicted octanol–water partition coefficient (Wildman–Crippen LogP) is -0.0931. The number of hydrogen-bond acceptors (Lipinski definition) is 5. The summed E-state index contributed by atoms with van der Waals surface area (Å²) in [5.74, 6) is 5.26. The quantitative estimate of drug-likeness (QED) is 0.462. The molecule has 7 nitrogen and oxygen atoms in total. The number of nitrogens with one attached hydrogen (secondary N) is 1. The van der Waals surface area contributed by atoms with Crippen molar-refractivity contribution >= 4 is 5.91 Å². The first-order valence-electron chi connectivity index (χ1n) is 6.02. The van der Waals surface area contributed by atoms with E-state index in [1.807, 2.05) is 5.43 Å². The summed E-state index contributed by atoms with van der Waals surface area (Å²) >= 11 is 0. The Bertz CT molecular complexity index is 691. The third-order valence-corrected chi connectivity index (χ3v) is 2.87. The van der Waals surface area contributed by atoms with E-state index in [1.165, 1.54) is 16.8 Å². The van der Waals surface area contributed by atoms with E-state index in [9.17, 15) is 9.59 Å². The molecular formula is C13H15N5O2. The van der Waals surface area contributed by atoms with Crippen LogP contribution in [0.1, 0.15) is 27.6 Å². The van der Waals surface area contributed by atoms with Crippen molar-refractivity contribution in [2.45, 2.75) is 20.4 Å². The summed E-state index contributed by atoms with van der Waals surface area (Å²) in [5, 5.41) is 0. The number of rotatable bonds is 3. The largest absolute Gasteiger partial charge is 0.291 e. The number of carbonyl (C=O) groups is 1. The van der Waals surface area contributed by atoms with Crippen molar-refractivity contribution in [2.24, 2.45) is 5.84 Å². The van der Waals surface area contributed by atoms with Crippen LogP contribution in [0.2, 0.25) is 0 Å². The molecule has 0 fully saturated rings. The maximum atomic E-state index is 11.9. The predicted molar refractivity (Wildman–Crippen MR) is 73.0 cm³/mol. The number of aryl methyl sites for hydroxylation is 2. The molecule has 104 valence electrons. The van der Waals surface area contributed by atoms with Gasteiger partial charge >= 0.3 is 0 Å². The average molecular weight is 273 g/mol. The van der Waals surface area contributed by atoms with Gasteiger partial charge in [-0.1, -0.05) is 0 Å². The molecule has 0 aliphatic rings. The Morgan fingerprint density at radius 1 is 1.40 bits per heavy atom. The lowest BCUT2D eigenvalue weighted by Crippen LogP contribution is -2.30. The zero-order chi connectivity index (χ0) is 14.7. The van der Waals surface area contributed by atoms with Crippen molar-refractivity contribution in [3.63, 3.8) is 0 Å². The minimum atomic E-state index is -0.408. The van der Waals surface area contributed by atoms with E-state index in [4.69, 9.17) is 5.84 Å². The summed E-state index contributed by atoms with van der Waals surface area (Å²) < 4.78 is 1.53. The molecule has 20 heavy (non-hydrogen) atoms. The lowest BCUT2D eigenvalue weighted by Gasteiger charge is -2.09. The maximum Gasteiger partial charge on any atom is 0.266 e. The lowest BCUT2D eigenvalue weighted by atomic mass is 10.2. The molecule has 0 radical (unpaired) electrons. The number of carbonyl (C=O) groups excluding carboxylic acids is 1. The van der Waals surface area contributed by atoms with Gasteiger partial charge in [0.25, 0.3) is 11.5 Å². The summed E-state index contributed by atoms with van der Waals surface area (Å²) in [6, 6.07) is 4.76. The van der Waals surface area contributed by atoms with Crippen LogP contribution in [-0.4, -0.2) is 20.4 Å². The SMILES string of the molecule is Cc1cc(=O)n(Cc2ccc(C(=O)NN)cn2)c(C)n1. The van der Waals surface area contributed by atoms with Crippen LogP contribution >= 0.6 is 0 Å². The Hall–Kier alpha value is -2.54. The van der Waals surface area contributed by atoms with Crippen LogP contribution in [0.4, 0.5) is 0 Å². The fraction of sp³-hybridized carbons (Fsp3) is 0.231. The first-order chi connectivity index (χ1) is 9.51. The molecule has 1 amide bonds. The van der Waals surface area contributed by atoms with Crippen LogP contribution in [0.5, 0.6) is 0 Å². The Balaban J connectivity index is 2.27. The Morgan fingerprint density at radius 2 is 2.15 bits per heavy atom. The molecule has 0 atom stereocenters. The Morgan fingerprint density at radius 3 is 2.70 bits per heavy atom. The second-order valence-electron chi connectivity index (χ2n) is 4.38. The van der Waals surface area contributed by atoms with E-state index >= 15 is 0 Å². The normalized spacial score (nSPS) is 10.3. The number of nitrogen functional groups attached to an aromatic ring is 1. The lowest BCUT2D eigenvalue weighted by molar-refractivity contribution is 0.0953. The number of nitrogens with two attached hydrogens (primary N) is 1. The summed E-state index contributed by atoms with van der Waals surface area (Å²) in [6.45, 7) is 3.85. The third-order valence-electron chi connectivity index (χ3n) is 2.87. The molecule has 0 unspecified atom stereocenters. The van der Waals surface area contributed by atoms with Gasteiger partial charge in [-0.15, -0.1) is 0 Å². The monoisotopic (exact) mass is 273 g/mol. The fourth-order valence-electron chi connectivity index (χ4n) is 1.85. The number of amides is 1. The summed E-state index contributed by atoms with van der Waals surface area (Å²) in [6.07, 6.45) is 1.42. The minimum absolute atomic E-state index is 0.124. The van der Waals surface area contributed by atoms with Crippen LogP contribution in [0.3, 0.4) is 0 Å². The van der Waals surface area contributed by atoms with E-state index in [-0.39, 0.29) is 5.56 Å². The third kappa shape index (κ3) is 2.89. The Kier molecular flexibility index (Phi) is 3.90. The highest BCUT2D eigenvalue weighted by molar-refractivity contribution is 5.93. The number of aromatic nitrogens is 3.